The molecular weight excluding hydrogens is 264 g/mol. The molecule has 1 unspecified atom stereocenters. The first-order chi connectivity index (χ1) is 9.06. The summed E-state index contributed by atoms with van der Waals surface area (Å²) in [6, 6.07) is 1.52. The maximum atomic E-state index is 11.5. The van der Waals surface area contributed by atoms with E-state index in [1.165, 1.54) is 17.8 Å². The minimum absolute atomic E-state index is 0.148. The summed E-state index contributed by atoms with van der Waals surface area (Å²) in [7, 11) is 0. The zero-order valence-electron chi connectivity index (χ0n) is 11.6. The number of nitrogens with zero attached hydrogens (tertiary/aromatic N) is 1. The molecule has 19 heavy (non-hydrogen) atoms. The van der Waals surface area contributed by atoms with Gasteiger partial charge in [0.15, 0.2) is 5.16 Å². The second-order valence-corrected chi connectivity index (χ2v) is 5.26. The van der Waals surface area contributed by atoms with E-state index in [0.717, 1.165) is 18.5 Å². The molecular formula is C13H20N2O3S. The lowest BCUT2D eigenvalue weighted by Crippen LogP contribution is -2.17. The van der Waals surface area contributed by atoms with Gasteiger partial charge in [-0.2, -0.15) is 0 Å². The number of carbonyl (C=O) groups excluding carboxylic acids is 1. The highest BCUT2D eigenvalue weighted by atomic mass is 32.2. The van der Waals surface area contributed by atoms with Crippen LogP contribution in [-0.4, -0.2) is 28.3 Å². The Balaban J connectivity index is 2.62. The molecule has 6 heteroatoms. The third-order valence-electron chi connectivity index (χ3n) is 2.44. The number of H-pyrrole nitrogens is 1. The lowest BCUT2D eigenvalue weighted by molar-refractivity contribution is -0.146. The average molecular weight is 284 g/mol. The fourth-order valence-corrected chi connectivity index (χ4v) is 2.39. The van der Waals surface area contributed by atoms with Crippen LogP contribution in [0.4, 0.5) is 0 Å². The van der Waals surface area contributed by atoms with E-state index in [-0.39, 0.29) is 17.4 Å². The molecule has 1 aromatic heterocycles. The number of aromatic amines is 1. The molecule has 1 heterocycles. The van der Waals surface area contributed by atoms with Crippen LogP contribution in [0, 0.1) is 5.92 Å². The standard InChI is InChI=1S/C13H20N2O3S/c1-4-6-10-7-11(16)15-13(14-10)19-8-9(3)12(17)18-5-2/h7,9H,4-6,8H2,1-3H3,(H,14,15,16). The maximum absolute atomic E-state index is 11.5. The van der Waals surface area contributed by atoms with Crippen molar-refractivity contribution >= 4 is 17.7 Å². The summed E-state index contributed by atoms with van der Waals surface area (Å²) >= 11 is 1.37. The number of hydrogen-bond acceptors (Lipinski definition) is 5. The first-order valence-corrected chi connectivity index (χ1v) is 7.45. The molecule has 0 aromatic carbocycles. The van der Waals surface area contributed by atoms with Crippen LogP contribution < -0.4 is 5.56 Å². The van der Waals surface area contributed by atoms with E-state index in [1.807, 2.05) is 6.92 Å². The van der Waals surface area contributed by atoms with Crippen molar-refractivity contribution in [3.8, 4) is 0 Å². The van der Waals surface area contributed by atoms with Gasteiger partial charge in [-0.15, -0.1) is 0 Å². The first-order valence-electron chi connectivity index (χ1n) is 6.46. The molecule has 0 aliphatic heterocycles. The molecule has 0 spiro atoms. The van der Waals surface area contributed by atoms with Crippen LogP contribution in [0.5, 0.6) is 0 Å². The quantitative estimate of drug-likeness (QED) is 0.471. The molecule has 1 atom stereocenters. The third-order valence-corrected chi connectivity index (χ3v) is 3.57. The van der Waals surface area contributed by atoms with Crippen molar-refractivity contribution in [1.82, 2.24) is 9.97 Å². The molecule has 0 amide bonds. The van der Waals surface area contributed by atoms with Gasteiger partial charge >= 0.3 is 5.97 Å². The van der Waals surface area contributed by atoms with Crippen LogP contribution in [0.3, 0.4) is 0 Å². The van der Waals surface area contributed by atoms with Gasteiger partial charge < -0.3 is 9.72 Å². The summed E-state index contributed by atoms with van der Waals surface area (Å²) in [4.78, 5) is 30.0. The Morgan fingerprint density at radius 1 is 1.53 bits per heavy atom. The summed E-state index contributed by atoms with van der Waals surface area (Å²) in [6.07, 6.45) is 1.73. The molecule has 0 saturated heterocycles. The fraction of sp³-hybridized carbons (Fsp3) is 0.615. The van der Waals surface area contributed by atoms with E-state index < -0.39 is 0 Å². The number of ether oxygens (including phenoxy) is 1. The number of esters is 1. The van der Waals surface area contributed by atoms with Crippen molar-refractivity contribution in [2.45, 2.75) is 38.8 Å². The molecule has 0 radical (unpaired) electrons. The molecule has 0 saturated carbocycles. The number of carbonyl (C=O) groups is 1. The SMILES string of the molecule is CCCc1cc(=O)[nH]c(SCC(C)C(=O)OCC)n1. The summed E-state index contributed by atoms with van der Waals surface area (Å²) in [5.41, 5.74) is 0.641. The zero-order valence-corrected chi connectivity index (χ0v) is 12.4. The van der Waals surface area contributed by atoms with Crippen molar-refractivity contribution < 1.29 is 9.53 Å². The number of aromatic nitrogens is 2. The summed E-state index contributed by atoms with van der Waals surface area (Å²) < 4.78 is 4.93. The Bertz CT molecular complexity index is 473. The molecule has 0 bridgehead atoms. The molecule has 0 fully saturated rings. The molecule has 1 rings (SSSR count). The van der Waals surface area contributed by atoms with Crippen LogP contribution in [0.25, 0.3) is 0 Å². The zero-order chi connectivity index (χ0) is 14.3. The highest BCUT2D eigenvalue weighted by Crippen LogP contribution is 2.16. The van der Waals surface area contributed by atoms with Gasteiger partial charge in [-0.3, -0.25) is 9.59 Å². The Morgan fingerprint density at radius 3 is 2.89 bits per heavy atom. The van der Waals surface area contributed by atoms with E-state index in [0.29, 0.717) is 17.5 Å². The maximum Gasteiger partial charge on any atom is 0.309 e. The van der Waals surface area contributed by atoms with Gasteiger partial charge in [0, 0.05) is 17.5 Å². The Kier molecular flexibility index (Phi) is 6.62. The fourth-order valence-electron chi connectivity index (χ4n) is 1.49. The number of rotatable bonds is 7. The van der Waals surface area contributed by atoms with Gasteiger partial charge in [-0.25, -0.2) is 4.98 Å². The lowest BCUT2D eigenvalue weighted by atomic mass is 10.2. The van der Waals surface area contributed by atoms with Crippen molar-refractivity contribution in [1.29, 1.82) is 0 Å². The Morgan fingerprint density at radius 2 is 2.26 bits per heavy atom. The van der Waals surface area contributed by atoms with Crippen LogP contribution >= 0.6 is 11.8 Å². The second kappa shape index (κ2) is 7.99. The van der Waals surface area contributed by atoms with Gasteiger partial charge in [-0.1, -0.05) is 32.0 Å². The molecule has 1 N–H and O–H groups in total. The molecule has 0 aliphatic carbocycles. The van der Waals surface area contributed by atoms with E-state index in [9.17, 15) is 9.59 Å². The molecule has 5 nitrogen and oxygen atoms in total. The number of aryl methyl sites for hydroxylation is 1. The van der Waals surface area contributed by atoms with Crippen LogP contribution in [0.1, 0.15) is 32.9 Å². The van der Waals surface area contributed by atoms with Gasteiger partial charge in [0.1, 0.15) is 0 Å². The summed E-state index contributed by atoms with van der Waals surface area (Å²) in [5, 5.41) is 0.562. The number of hydrogen-bond donors (Lipinski definition) is 1. The third kappa shape index (κ3) is 5.46. The smallest absolute Gasteiger partial charge is 0.309 e. The van der Waals surface area contributed by atoms with Gasteiger partial charge in [0.2, 0.25) is 0 Å². The van der Waals surface area contributed by atoms with Gasteiger partial charge in [-0.05, 0) is 13.3 Å². The minimum Gasteiger partial charge on any atom is -0.466 e. The van der Waals surface area contributed by atoms with Gasteiger partial charge in [0.25, 0.3) is 5.56 Å². The summed E-state index contributed by atoms with van der Waals surface area (Å²) in [6.45, 7) is 6.01. The van der Waals surface area contributed by atoms with Crippen molar-refractivity contribution in [2.24, 2.45) is 5.92 Å². The van der Waals surface area contributed by atoms with E-state index in [4.69, 9.17) is 4.74 Å². The highest BCUT2D eigenvalue weighted by molar-refractivity contribution is 7.99. The second-order valence-electron chi connectivity index (χ2n) is 4.26. The molecule has 0 aliphatic rings. The largest absolute Gasteiger partial charge is 0.466 e. The van der Waals surface area contributed by atoms with Crippen LogP contribution in [-0.2, 0) is 16.0 Å². The average Bonchev–Trinajstić information content (AvgIpc) is 2.36. The Hall–Kier alpha value is -1.30. The first kappa shape index (κ1) is 15.8. The van der Waals surface area contributed by atoms with Crippen LogP contribution in [0.15, 0.2) is 16.0 Å². The van der Waals surface area contributed by atoms with Crippen molar-refractivity contribution in [3.63, 3.8) is 0 Å². The monoisotopic (exact) mass is 284 g/mol. The van der Waals surface area contributed by atoms with E-state index in [1.54, 1.807) is 13.8 Å². The number of thioether (sulfide) groups is 1. The highest BCUT2D eigenvalue weighted by Gasteiger charge is 2.15. The minimum atomic E-state index is -0.220. The van der Waals surface area contributed by atoms with E-state index in [2.05, 4.69) is 9.97 Å². The van der Waals surface area contributed by atoms with Crippen LogP contribution in [0.2, 0.25) is 0 Å². The van der Waals surface area contributed by atoms with Gasteiger partial charge in [0.05, 0.1) is 12.5 Å². The number of nitrogens with one attached hydrogen (secondary N) is 1. The van der Waals surface area contributed by atoms with Crippen molar-refractivity contribution in [2.75, 3.05) is 12.4 Å². The normalized spacial score (nSPS) is 12.2. The Labute approximate surface area is 117 Å². The molecule has 106 valence electrons. The predicted molar refractivity (Wildman–Crippen MR) is 75.4 cm³/mol. The van der Waals surface area contributed by atoms with Crippen molar-refractivity contribution in [3.05, 3.63) is 22.1 Å². The molecule has 1 aromatic rings. The topological polar surface area (TPSA) is 72.0 Å². The van der Waals surface area contributed by atoms with E-state index >= 15 is 0 Å². The lowest BCUT2D eigenvalue weighted by Gasteiger charge is -2.09. The summed E-state index contributed by atoms with van der Waals surface area (Å²) in [5.74, 6) is 0.101. The predicted octanol–water partition coefficient (Wildman–Crippen LogP) is 2.01.